The van der Waals surface area contributed by atoms with Crippen molar-refractivity contribution in [2.45, 2.75) is 19.4 Å². The molecule has 0 spiro atoms. The molecule has 1 heterocycles. The molecule has 1 fully saturated rings. The zero-order chi connectivity index (χ0) is 13.1. The number of aromatic nitrogens is 2. The van der Waals surface area contributed by atoms with Gasteiger partial charge in [-0.15, -0.1) is 0 Å². The Morgan fingerprint density at radius 2 is 2.16 bits per heavy atom. The van der Waals surface area contributed by atoms with Gasteiger partial charge in [-0.3, -0.25) is 9.89 Å². The molecule has 1 aliphatic carbocycles. The van der Waals surface area contributed by atoms with Gasteiger partial charge in [-0.2, -0.15) is 5.10 Å². The molecule has 98 valence electrons. The maximum Gasteiger partial charge on any atom is 0.227 e. The first kappa shape index (κ1) is 11.8. The second-order valence-corrected chi connectivity index (χ2v) is 4.78. The van der Waals surface area contributed by atoms with E-state index in [0.717, 1.165) is 29.9 Å². The fourth-order valence-electron chi connectivity index (χ4n) is 1.88. The van der Waals surface area contributed by atoms with Crippen molar-refractivity contribution in [3.8, 4) is 0 Å². The number of rotatable bonds is 5. The Morgan fingerprint density at radius 1 is 1.32 bits per heavy atom. The Morgan fingerprint density at radius 3 is 2.89 bits per heavy atom. The molecular weight excluding hydrogens is 240 g/mol. The summed E-state index contributed by atoms with van der Waals surface area (Å²) in [5, 5.41) is 13.0. The molecule has 0 unspecified atom stereocenters. The zero-order valence-corrected chi connectivity index (χ0v) is 10.5. The summed E-state index contributed by atoms with van der Waals surface area (Å²) in [6.07, 6.45) is 3.76. The van der Waals surface area contributed by atoms with E-state index < -0.39 is 0 Å². The average Bonchev–Trinajstić information content (AvgIpc) is 3.14. The molecule has 1 aromatic carbocycles. The fraction of sp³-hybridized carbons (Fsp3) is 0.286. The molecule has 5 heteroatoms. The molecule has 1 aliphatic rings. The Balaban J connectivity index is 1.60. The first-order valence-corrected chi connectivity index (χ1v) is 6.44. The van der Waals surface area contributed by atoms with Crippen molar-refractivity contribution in [2.75, 3.05) is 10.6 Å². The van der Waals surface area contributed by atoms with Crippen LogP contribution < -0.4 is 10.6 Å². The van der Waals surface area contributed by atoms with Gasteiger partial charge in [0.25, 0.3) is 0 Å². The minimum absolute atomic E-state index is 0.130. The van der Waals surface area contributed by atoms with E-state index in [1.54, 1.807) is 6.20 Å². The number of nitrogens with zero attached hydrogens (tertiary/aromatic N) is 1. The maximum absolute atomic E-state index is 11.7. The standard InChI is InChI=1S/C14H16N4O/c19-14(10-4-5-10)17-12-3-1-2-11(8-12)15-9-13-6-7-16-18-13/h1-3,6-8,10,15H,4-5,9H2,(H,16,18)(H,17,19). The van der Waals surface area contributed by atoms with Gasteiger partial charge in [0, 0.05) is 23.5 Å². The maximum atomic E-state index is 11.7. The third-order valence-corrected chi connectivity index (χ3v) is 3.12. The van der Waals surface area contributed by atoms with Crippen molar-refractivity contribution in [3.05, 3.63) is 42.2 Å². The van der Waals surface area contributed by atoms with Crippen LogP contribution in [-0.2, 0) is 11.3 Å². The number of anilines is 2. The quantitative estimate of drug-likeness (QED) is 0.769. The smallest absolute Gasteiger partial charge is 0.227 e. The molecule has 0 atom stereocenters. The van der Waals surface area contributed by atoms with Gasteiger partial charge >= 0.3 is 0 Å². The van der Waals surface area contributed by atoms with Gasteiger partial charge in [-0.25, -0.2) is 0 Å². The highest BCUT2D eigenvalue weighted by atomic mass is 16.2. The second kappa shape index (κ2) is 5.14. The SMILES string of the molecule is O=C(Nc1cccc(NCc2ccn[nH]2)c1)C1CC1. The largest absolute Gasteiger partial charge is 0.379 e. The van der Waals surface area contributed by atoms with Gasteiger partial charge in [-0.1, -0.05) is 6.07 Å². The number of aromatic amines is 1. The van der Waals surface area contributed by atoms with Crippen LogP contribution >= 0.6 is 0 Å². The van der Waals surface area contributed by atoms with Crippen LogP contribution in [0.1, 0.15) is 18.5 Å². The van der Waals surface area contributed by atoms with Crippen LogP contribution in [0.5, 0.6) is 0 Å². The van der Waals surface area contributed by atoms with Crippen molar-refractivity contribution in [2.24, 2.45) is 5.92 Å². The molecule has 0 bridgehead atoms. The van der Waals surface area contributed by atoms with Crippen LogP contribution in [0.4, 0.5) is 11.4 Å². The normalized spacial score (nSPS) is 14.1. The predicted octanol–water partition coefficient (Wildman–Crippen LogP) is 2.37. The number of benzene rings is 1. The van der Waals surface area contributed by atoms with E-state index >= 15 is 0 Å². The fourth-order valence-corrected chi connectivity index (χ4v) is 1.88. The Hall–Kier alpha value is -2.30. The highest BCUT2D eigenvalue weighted by Gasteiger charge is 2.29. The van der Waals surface area contributed by atoms with Crippen molar-refractivity contribution >= 4 is 17.3 Å². The van der Waals surface area contributed by atoms with Gasteiger partial charge < -0.3 is 10.6 Å². The van der Waals surface area contributed by atoms with E-state index in [-0.39, 0.29) is 11.8 Å². The summed E-state index contributed by atoms with van der Waals surface area (Å²) < 4.78 is 0. The highest BCUT2D eigenvalue weighted by Crippen LogP contribution is 2.30. The van der Waals surface area contributed by atoms with Crippen molar-refractivity contribution in [1.29, 1.82) is 0 Å². The van der Waals surface area contributed by atoms with E-state index in [0.29, 0.717) is 6.54 Å². The number of carbonyl (C=O) groups is 1. The van der Waals surface area contributed by atoms with Crippen LogP contribution in [0, 0.1) is 5.92 Å². The molecule has 5 nitrogen and oxygen atoms in total. The summed E-state index contributed by atoms with van der Waals surface area (Å²) >= 11 is 0. The minimum atomic E-state index is 0.130. The summed E-state index contributed by atoms with van der Waals surface area (Å²) in [6, 6.07) is 9.67. The van der Waals surface area contributed by atoms with E-state index in [9.17, 15) is 4.79 Å². The van der Waals surface area contributed by atoms with Gasteiger partial charge in [0.05, 0.1) is 12.2 Å². The van der Waals surface area contributed by atoms with E-state index in [4.69, 9.17) is 0 Å². The van der Waals surface area contributed by atoms with E-state index in [2.05, 4.69) is 20.8 Å². The lowest BCUT2D eigenvalue weighted by Gasteiger charge is -2.08. The number of H-pyrrole nitrogens is 1. The average molecular weight is 256 g/mol. The van der Waals surface area contributed by atoms with Crippen LogP contribution in [-0.4, -0.2) is 16.1 Å². The number of amides is 1. The van der Waals surface area contributed by atoms with E-state index in [1.165, 1.54) is 0 Å². The predicted molar refractivity (Wildman–Crippen MR) is 73.7 cm³/mol. The lowest BCUT2D eigenvalue weighted by molar-refractivity contribution is -0.117. The summed E-state index contributed by atoms with van der Waals surface area (Å²) in [5.41, 5.74) is 2.84. The number of nitrogens with one attached hydrogen (secondary N) is 3. The van der Waals surface area contributed by atoms with Crippen molar-refractivity contribution < 1.29 is 4.79 Å². The molecule has 3 rings (SSSR count). The van der Waals surface area contributed by atoms with Gasteiger partial charge in [0.2, 0.25) is 5.91 Å². The first-order valence-electron chi connectivity index (χ1n) is 6.44. The summed E-state index contributed by atoms with van der Waals surface area (Å²) in [7, 11) is 0. The third kappa shape index (κ3) is 3.13. The molecule has 0 saturated heterocycles. The van der Waals surface area contributed by atoms with Gasteiger partial charge in [-0.05, 0) is 37.1 Å². The molecule has 1 saturated carbocycles. The van der Waals surface area contributed by atoms with E-state index in [1.807, 2.05) is 30.3 Å². The second-order valence-electron chi connectivity index (χ2n) is 4.78. The number of carbonyl (C=O) groups excluding carboxylic acids is 1. The third-order valence-electron chi connectivity index (χ3n) is 3.12. The van der Waals surface area contributed by atoms with Crippen molar-refractivity contribution in [3.63, 3.8) is 0 Å². The number of hydrogen-bond acceptors (Lipinski definition) is 3. The number of hydrogen-bond donors (Lipinski definition) is 3. The Bertz CT molecular complexity index is 561. The summed E-state index contributed by atoms with van der Waals surface area (Å²) in [6.45, 7) is 0.681. The molecule has 1 aromatic heterocycles. The lowest BCUT2D eigenvalue weighted by atomic mass is 10.2. The Labute approximate surface area is 111 Å². The molecule has 2 aromatic rings. The van der Waals surface area contributed by atoms with Crippen LogP contribution in [0.3, 0.4) is 0 Å². The molecule has 1 amide bonds. The first-order chi connectivity index (χ1) is 9.31. The molecule has 19 heavy (non-hydrogen) atoms. The van der Waals surface area contributed by atoms with Crippen LogP contribution in [0.15, 0.2) is 36.5 Å². The van der Waals surface area contributed by atoms with Gasteiger partial charge in [0.15, 0.2) is 0 Å². The summed E-state index contributed by atoms with van der Waals surface area (Å²) in [4.78, 5) is 11.7. The minimum Gasteiger partial charge on any atom is -0.379 e. The Kier molecular flexibility index (Phi) is 3.18. The van der Waals surface area contributed by atoms with Gasteiger partial charge in [0.1, 0.15) is 0 Å². The molecular formula is C14H16N4O. The molecule has 0 radical (unpaired) electrons. The molecule has 0 aliphatic heterocycles. The molecule has 3 N–H and O–H groups in total. The highest BCUT2D eigenvalue weighted by molar-refractivity contribution is 5.94. The summed E-state index contributed by atoms with van der Waals surface area (Å²) in [5.74, 6) is 0.354. The van der Waals surface area contributed by atoms with Crippen LogP contribution in [0.25, 0.3) is 0 Å². The van der Waals surface area contributed by atoms with Crippen molar-refractivity contribution in [1.82, 2.24) is 10.2 Å². The zero-order valence-electron chi connectivity index (χ0n) is 10.5. The topological polar surface area (TPSA) is 69.8 Å². The monoisotopic (exact) mass is 256 g/mol. The van der Waals surface area contributed by atoms with Crippen LogP contribution in [0.2, 0.25) is 0 Å². The lowest BCUT2D eigenvalue weighted by Crippen LogP contribution is -2.13.